The van der Waals surface area contributed by atoms with E-state index in [9.17, 15) is 14.4 Å². The lowest BCUT2D eigenvalue weighted by Gasteiger charge is -2.18. The van der Waals surface area contributed by atoms with Crippen molar-refractivity contribution in [3.05, 3.63) is 35.9 Å². The summed E-state index contributed by atoms with van der Waals surface area (Å²) in [5, 5.41) is 10.9. The van der Waals surface area contributed by atoms with Gasteiger partial charge in [-0.2, -0.15) is 0 Å². The monoisotopic (exact) mass is 279 g/mol. The third-order valence-corrected chi connectivity index (χ3v) is 2.67. The fourth-order valence-corrected chi connectivity index (χ4v) is 1.63. The molecule has 0 heterocycles. The zero-order valence-corrected chi connectivity index (χ0v) is 10.8. The number of rotatable bonds is 7. The van der Waals surface area contributed by atoms with Gasteiger partial charge >= 0.3 is 5.97 Å². The summed E-state index contributed by atoms with van der Waals surface area (Å²) in [5.74, 6) is -2.61. The number of amides is 2. The smallest absolute Gasteiger partial charge is 0.305 e. The Morgan fingerprint density at radius 3 is 2.30 bits per heavy atom. The molecule has 0 saturated heterocycles. The van der Waals surface area contributed by atoms with Crippen LogP contribution in [0.4, 0.5) is 0 Å². The summed E-state index contributed by atoms with van der Waals surface area (Å²) in [6, 6.07) is 6.86. The summed E-state index contributed by atoms with van der Waals surface area (Å²) >= 11 is 0. The lowest BCUT2D eigenvalue weighted by Crippen LogP contribution is -2.51. The van der Waals surface area contributed by atoms with E-state index >= 15 is 0 Å². The summed E-state index contributed by atoms with van der Waals surface area (Å²) in [6.45, 7) is 0. The molecule has 1 aromatic carbocycles. The molecule has 0 spiro atoms. The molecular weight excluding hydrogens is 262 g/mol. The van der Waals surface area contributed by atoms with Crippen LogP contribution in [0.5, 0.6) is 0 Å². The average molecular weight is 279 g/mol. The number of carboxylic acid groups (broad SMARTS) is 1. The van der Waals surface area contributed by atoms with Crippen LogP contribution in [0.15, 0.2) is 30.3 Å². The first-order valence-corrected chi connectivity index (χ1v) is 6.01. The molecule has 1 rings (SSSR count). The molecule has 0 aromatic heterocycles. The maximum absolute atomic E-state index is 11.7. The van der Waals surface area contributed by atoms with Crippen LogP contribution in [-0.4, -0.2) is 35.0 Å². The van der Waals surface area contributed by atoms with E-state index in [-0.39, 0.29) is 6.42 Å². The third kappa shape index (κ3) is 5.07. The first-order chi connectivity index (χ1) is 9.40. The van der Waals surface area contributed by atoms with Gasteiger partial charge in [0.15, 0.2) is 0 Å². The molecule has 0 fully saturated rings. The van der Waals surface area contributed by atoms with Crippen molar-refractivity contribution in [1.29, 1.82) is 0 Å². The Labute approximate surface area is 115 Å². The summed E-state index contributed by atoms with van der Waals surface area (Å²) in [6.07, 6.45) is -0.287. The molecule has 2 atom stereocenters. The van der Waals surface area contributed by atoms with Crippen molar-refractivity contribution in [3.63, 3.8) is 0 Å². The molecule has 20 heavy (non-hydrogen) atoms. The normalized spacial score (nSPS) is 13.2. The summed E-state index contributed by atoms with van der Waals surface area (Å²) in [4.78, 5) is 33.5. The highest BCUT2D eigenvalue weighted by atomic mass is 16.4. The number of nitrogens with two attached hydrogens (primary N) is 2. The van der Waals surface area contributed by atoms with Crippen LogP contribution in [0.1, 0.15) is 12.0 Å². The van der Waals surface area contributed by atoms with Crippen molar-refractivity contribution < 1.29 is 19.5 Å². The van der Waals surface area contributed by atoms with Gasteiger partial charge in [-0.15, -0.1) is 0 Å². The molecule has 0 bridgehead atoms. The van der Waals surface area contributed by atoms with Crippen LogP contribution < -0.4 is 16.8 Å². The van der Waals surface area contributed by atoms with Gasteiger partial charge in [-0.3, -0.25) is 14.4 Å². The van der Waals surface area contributed by atoms with Gasteiger partial charge in [0, 0.05) is 6.42 Å². The van der Waals surface area contributed by atoms with Gasteiger partial charge in [0.05, 0.1) is 12.5 Å². The van der Waals surface area contributed by atoms with Crippen LogP contribution in [0.25, 0.3) is 0 Å². The standard InChI is InChI=1S/C13H17N3O4/c14-9(7-11(17)18)13(20)16-10(12(15)19)6-8-4-2-1-3-5-8/h1-5,9-10H,6-7,14H2,(H2,15,19)(H,16,20)(H,17,18)/t9-,10-/m1/s1. The van der Waals surface area contributed by atoms with E-state index in [0.717, 1.165) is 5.56 Å². The fourth-order valence-electron chi connectivity index (χ4n) is 1.63. The van der Waals surface area contributed by atoms with Gasteiger partial charge < -0.3 is 21.9 Å². The Balaban J connectivity index is 2.66. The molecule has 0 aliphatic heterocycles. The minimum Gasteiger partial charge on any atom is -0.481 e. The molecule has 6 N–H and O–H groups in total. The van der Waals surface area contributed by atoms with Crippen LogP contribution >= 0.6 is 0 Å². The molecule has 0 radical (unpaired) electrons. The van der Waals surface area contributed by atoms with Gasteiger partial charge in [0.2, 0.25) is 11.8 Å². The second-order valence-electron chi connectivity index (χ2n) is 4.36. The third-order valence-electron chi connectivity index (χ3n) is 2.67. The minimum absolute atomic E-state index is 0.224. The Kier molecular flexibility index (Phi) is 5.67. The summed E-state index contributed by atoms with van der Waals surface area (Å²) in [5.41, 5.74) is 11.5. The number of carbonyl (C=O) groups excluding carboxylic acids is 2. The molecule has 0 saturated carbocycles. The number of primary amides is 1. The van der Waals surface area contributed by atoms with E-state index in [4.69, 9.17) is 16.6 Å². The second kappa shape index (κ2) is 7.25. The van der Waals surface area contributed by atoms with Crippen molar-refractivity contribution in [3.8, 4) is 0 Å². The molecule has 0 aliphatic rings. The second-order valence-corrected chi connectivity index (χ2v) is 4.36. The molecule has 7 heteroatoms. The van der Waals surface area contributed by atoms with Crippen LogP contribution in [0.2, 0.25) is 0 Å². The molecule has 2 amide bonds. The molecule has 0 unspecified atom stereocenters. The van der Waals surface area contributed by atoms with E-state index in [2.05, 4.69) is 5.32 Å². The van der Waals surface area contributed by atoms with E-state index in [0.29, 0.717) is 0 Å². The van der Waals surface area contributed by atoms with Gasteiger partial charge in [-0.25, -0.2) is 0 Å². The molecule has 7 nitrogen and oxygen atoms in total. The zero-order chi connectivity index (χ0) is 15.1. The SMILES string of the molecule is NC(=O)[C@@H](Cc1ccccc1)NC(=O)[C@H](N)CC(=O)O. The summed E-state index contributed by atoms with van der Waals surface area (Å²) < 4.78 is 0. The molecule has 108 valence electrons. The van der Waals surface area contributed by atoms with Gasteiger partial charge in [0.1, 0.15) is 6.04 Å². The van der Waals surface area contributed by atoms with Crippen LogP contribution in [0, 0.1) is 0 Å². The Hall–Kier alpha value is -2.41. The highest BCUT2D eigenvalue weighted by Crippen LogP contribution is 2.03. The lowest BCUT2D eigenvalue weighted by molar-refractivity contribution is -0.139. The van der Waals surface area contributed by atoms with Gasteiger partial charge in [0.25, 0.3) is 0 Å². The quantitative estimate of drug-likeness (QED) is 0.507. The summed E-state index contributed by atoms with van der Waals surface area (Å²) in [7, 11) is 0. The van der Waals surface area contributed by atoms with Crippen molar-refractivity contribution in [1.82, 2.24) is 5.32 Å². The van der Waals surface area contributed by atoms with Crippen molar-refractivity contribution >= 4 is 17.8 Å². The number of nitrogens with one attached hydrogen (secondary N) is 1. The van der Waals surface area contributed by atoms with E-state index in [1.165, 1.54) is 0 Å². The molecule has 1 aromatic rings. The Morgan fingerprint density at radius 2 is 1.80 bits per heavy atom. The number of hydrogen-bond donors (Lipinski definition) is 4. The highest BCUT2D eigenvalue weighted by molar-refractivity contribution is 5.90. The molecular formula is C13H17N3O4. The highest BCUT2D eigenvalue weighted by Gasteiger charge is 2.23. The maximum atomic E-state index is 11.7. The van der Waals surface area contributed by atoms with Crippen molar-refractivity contribution in [2.45, 2.75) is 24.9 Å². The largest absolute Gasteiger partial charge is 0.481 e. The topological polar surface area (TPSA) is 136 Å². The maximum Gasteiger partial charge on any atom is 0.305 e. The number of carbonyl (C=O) groups is 3. The number of carboxylic acids is 1. The van der Waals surface area contributed by atoms with E-state index in [1.807, 2.05) is 6.07 Å². The molecule has 0 aliphatic carbocycles. The lowest BCUT2D eigenvalue weighted by atomic mass is 10.0. The van der Waals surface area contributed by atoms with E-state index in [1.54, 1.807) is 24.3 Å². The number of aliphatic carboxylic acids is 1. The fraction of sp³-hybridized carbons (Fsp3) is 0.308. The predicted molar refractivity (Wildman–Crippen MR) is 71.5 cm³/mol. The van der Waals surface area contributed by atoms with Crippen molar-refractivity contribution in [2.24, 2.45) is 11.5 Å². The zero-order valence-electron chi connectivity index (χ0n) is 10.8. The van der Waals surface area contributed by atoms with Gasteiger partial charge in [-0.1, -0.05) is 30.3 Å². The van der Waals surface area contributed by atoms with Crippen LogP contribution in [-0.2, 0) is 20.8 Å². The predicted octanol–water partition coefficient (Wildman–Crippen LogP) is -0.999. The van der Waals surface area contributed by atoms with E-state index < -0.39 is 36.3 Å². The van der Waals surface area contributed by atoms with Crippen molar-refractivity contribution in [2.75, 3.05) is 0 Å². The Morgan fingerprint density at radius 1 is 1.20 bits per heavy atom. The van der Waals surface area contributed by atoms with Gasteiger partial charge in [-0.05, 0) is 5.56 Å². The number of benzene rings is 1. The average Bonchev–Trinajstić information content (AvgIpc) is 2.38. The van der Waals surface area contributed by atoms with Crippen LogP contribution in [0.3, 0.4) is 0 Å². The Bertz CT molecular complexity index is 490. The minimum atomic E-state index is -1.22. The number of hydrogen-bond acceptors (Lipinski definition) is 4. The first-order valence-electron chi connectivity index (χ1n) is 6.01. The first kappa shape index (κ1) is 15.6.